The predicted molar refractivity (Wildman–Crippen MR) is 74.7 cm³/mol. The summed E-state index contributed by atoms with van der Waals surface area (Å²) >= 11 is 0. The van der Waals surface area contributed by atoms with E-state index in [4.69, 9.17) is 0 Å². The zero-order valence-electron chi connectivity index (χ0n) is 11.2. The summed E-state index contributed by atoms with van der Waals surface area (Å²) in [6, 6.07) is 8.60. The van der Waals surface area contributed by atoms with Crippen molar-refractivity contribution in [3.05, 3.63) is 29.3 Å². The summed E-state index contributed by atoms with van der Waals surface area (Å²) in [5.74, 6) is 0. The van der Waals surface area contributed by atoms with E-state index in [1.807, 2.05) is 0 Å². The third kappa shape index (κ3) is 2.65. The van der Waals surface area contributed by atoms with E-state index in [0.29, 0.717) is 0 Å². The first-order chi connectivity index (χ1) is 8.76. The van der Waals surface area contributed by atoms with Gasteiger partial charge in [-0.1, -0.05) is 19.1 Å². The van der Waals surface area contributed by atoms with Gasteiger partial charge in [0.05, 0.1) is 6.07 Å². The largest absolute Gasteiger partial charge is 0.374 e. The SMILES string of the molecule is CCCNC(C#N)c1ccc2c(c1)CCCN2C. The van der Waals surface area contributed by atoms with Crippen LogP contribution < -0.4 is 10.2 Å². The van der Waals surface area contributed by atoms with Crippen LogP contribution in [-0.4, -0.2) is 20.1 Å². The standard InChI is InChI=1S/C15H21N3/c1-3-8-17-14(11-16)12-6-7-15-13(10-12)5-4-9-18(15)2/h6-7,10,14,17H,3-5,8-9H2,1-2H3. The molecule has 0 spiro atoms. The van der Waals surface area contributed by atoms with Crippen LogP contribution in [0, 0.1) is 11.3 Å². The molecule has 1 N–H and O–H groups in total. The molecule has 3 nitrogen and oxygen atoms in total. The number of rotatable bonds is 4. The van der Waals surface area contributed by atoms with Crippen LogP contribution >= 0.6 is 0 Å². The molecule has 0 radical (unpaired) electrons. The van der Waals surface area contributed by atoms with E-state index in [1.54, 1.807) is 0 Å². The second-order valence-corrected chi connectivity index (χ2v) is 4.93. The number of hydrogen-bond acceptors (Lipinski definition) is 3. The minimum atomic E-state index is -0.178. The van der Waals surface area contributed by atoms with Gasteiger partial charge in [0, 0.05) is 19.3 Å². The van der Waals surface area contributed by atoms with Crippen molar-refractivity contribution < 1.29 is 0 Å². The van der Waals surface area contributed by atoms with Crippen molar-refractivity contribution in [1.29, 1.82) is 5.26 Å². The van der Waals surface area contributed by atoms with Crippen molar-refractivity contribution in [2.45, 2.75) is 32.2 Å². The van der Waals surface area contributed by atoms with E-state index >= 15 is 0 Å². The van der Waals surface area contributed by atoms with E-state index in [2.05, 4.69) is 48.5 Å². The lowest BCUT2D eigenvalue weighted by Gasteiger charge is -2.28. The van der Waals surface area contributed by atoms with Crippen molar-refractivity contribution in [1.82, 2.24) is 5.32 Å². The van der Waals surface area contributed by atoms with Gasteiger partial charge in [-0.25, -0.2) is 0 Å². The molecular weight excluding hydrogens is 222 g/mol. The molecule has 1 heterocycles. The molecule has 0 fully saturated rings. The Labute approximate surface area is 109 Å². The Bertz CT molecular complexity index is 448. The summed E-state index contributed by atoms with van der Waals surface area (Å²) in [7, 11) is 2.13. The van der Waals surface area contributed by atoms with Crippen molar-refractivity contribution in [2.24, 2.45) is 0 Å². The number of anilines is 1. The van der Waals surface area contributed by atoms with Crippen LogP contribution in [0.15, 0.2) is 18.2 Å². The minimum absolute atomic E-state index is 0.178. The summed E-state index contributed by atoms with van der Waals surface area (Å²) < 4.78 is 0. The van der Waals surface area contributed by atoms with Gasteiger partial charge in [-0.2, -0.15) is 5.26 Å². The van der Waals surface area contributed by atoms with Gasteiger partial charge in [0.2, 0.25) is 0 Å². The first-order valence-corrected chi connectivity index (χ1v) is 6.73. The van der Waals surface area contributed by atoms with Crippen LogP contribution in [0.1, 0.15) is 36.9 Å². The van der Waals surface area contributed by atoms with E-state index < -0.39 is 0 Å². The molecule has 0 aliphatic carbocycles. The molecule has 18 heavy (non-hydrogen) atoms. The molecule has 0 amide bonds. The highest BCUT2D eigenvalue weighted by molar-refractivity contribution is 5.56. The number of aryl methyl sites for hydroxylation is 1. The molecule has 0 bridgehead atoms. The molecule has 0 aromatic heterocycles. The van der Waals surface area contributed by atoms with E-state index in [9.17, 15) is 5.26 Å². The van der Waals surface area contributed by atoms with Crippen LogP contribution in [0.5, 0.6) is 0 Å². The van der Waals surface area contributed by atoms with Crippen molar-refractivity contribution >= 4 is 5.69 Å². The molecule has 1 aliphatic heterocycles. The summed E-state index contributed by atoms with van der Waals surface area (Å²) in [5.41, 5.74) is 3.79. The average molecular weight is 243 g/mol. The number of nitrogens with one attached hydrogen (secondary N) is 1. The molecule has 2 rings (SSSR count). The quantitative estimate of drug-likeness (QED) is 0.883. The van der Waals surface area contributed by atoms with Crippen molar-refractivity contribution in [3.63, 3.8) is 0 Å². The van der Waals surface area contributed by atoms with E-state index in [1.165, 1.54) is 17.7 Å². The Morgan fingerprint density at radius 1 is 1.50 bits per heavy atom. The minimum Gasteiger partial charge on any atom is -0.374 e. The summed E-state index contributed by atoms with van der Waals surface area (Å²) in [4.78, 5) is 2.30. The molecule has 1 aromatic carbocycles. The fourth-order valence-corrected chi connectivity index (χ4v) is 2.51. The van der Waals surface area contributed by atoms with Crippen molar-refractivity contribution in [2.75, 3.05) is 25.0 Å². The van der Waals surface area contributed by atoms with Crippen LogP contribution in [-0.2, 0) is 6.42 Å². The topological polar surface area (TPSA) is 39.1 Å². The number of hydrogen-bond donors (Lipinski definition) is 1. The van der Waals surface area contributed by atoms with Gasteiger partial charge in [-0.15, -0.1) is 0 Å². The molecule has 1 atom stereocenters. The Morgan fingerprint density at radius 3 is 3.06 bits per heavy atom. The summed E-state index contributed by atoms with van der Waals surface area (Å²) in [6.07, 6.45) is 3.37. The fraction of sp³-hybridized carbons (Fsp3) is 0.533. The average Bonchev–Trinajstić information content (AvgIpc) is 2.40. The Morgan fingerprint density at radius 2 is 2.33 bits per heavy atom. The normalized spacial score (nSPS) is 15.9. The maximum atomic E-state index is 9.24. The van der Waals surface area contributed by atoms with Gasteiger partial charge < -0.3 is 4.90 Å². The molecule has 1 unspecified atom stereocenters. The van der Waals surface area contributed by atoms with Crippen LogP contribution in [0.3, 0.4) is 0 Å². The van der Waals surface area contributed by atoms with Gasteiger partial charge in [0.1, 0.15) is 6.04 Å². The predicted octanol–water partition coefficient (Wildman–Crippen LogP) is 2.63. The van der Waals surface area contributed by atoms with Gasteiger partial charge in [0.15, 0.2) is 0 Å². The number of nitriles is 1. The Balaban J connectivity index is 2.22. The third-order valence-corrected chi connectivity index (χ3v) is 3.52. The highest BCUT2D eigenvalue weighted by atomic mass is 15.1. The van der Waals surface area contributed by atoms with Crippen LogP contribution in [0.2, 0.25) is 0 Å². The second kappa shape index (κ2) is 5.88. The zero-order valence-corrected chi connectivity index (χ0v) is 11.2. The fourth-order valence-electron chi connectivity index (χ4n) is 2.51. The lowest BCUT2D eigenvalue weighted by Crippen LogP contribution is -2.25. The van der Waals surface area contributed by atoms with Gasteiger partial charge in [0.25, 0.3) is 0 Å². The van der Waals surface area contributed by atoms with Gasteiger partial charge in [-0.3, -0.25) is 5.32 Å². The van der Waals surface area contributed by atoms with E-state index in [0.717, 1.165) is 31.5 Å². The maximum absolute atomic E-state index is 9.24. The van der Waals surface area contributed by atoms with Crippen LogP contribution in [0.4, 0.5) is 5.69 Å². The first-order valence-electron chi connectivity index (χ1n) is 6.73. The molecule has 96 valence electrons. The molecular formula is C15H21N3. The molecule has 3 heteroatoms. The monoisotopic (exact) mass is 243 g/mol. The Kier molecular flexibility index (Phi) is 4.22. The summed E-state index contributed by atoms with van der Waals surface area (Å²) in [5, 5.41) is 12.5. The number of fused-ring (bicyclic) bond motifs is 1. The first kappa shape index (κ1) is 12.9. The smallest absolute Gasteiger partial charge is 0.121 e. The van der Waals surface area contributed by atoms with E-state index in [-0.39, 0.29) is 6.04 Å². The van der Waals surface area contributed by atoms with Crippen molar-refractivity contribution in [3.8, 4) is 6.07 Å². The molecule has 0 saturated carbocycles. The number of nitrogens with zero attached hydrogens (tertiary/aromatic N) is 2. The zero-order chi connectivity index (χ0) is 13.0. The Hall–Kier alpha value is -1.53. The van der Waals surface area contributed by atoms with Gasteiger partial charge >= 0.3 is 0 Å². The molecule has 1 aromatic rings. The summed E-state index contributed by atoms with van der Waals surface area (Å²) in [6.45, 7) is 4.13. The van der Waals surface area contributed by atoms with Gasteiger partial charge in [-0.05, 0) is 43.0 Å². The number of benzene rings is 1. The third-order valence-electron chi connectivity index (χ3n) is 3.52. The molecule has 1 aliphatic rings. The highest BCUT2D eigenvalue weighted by Gasteiger charge is 2.16. The molecule has 0 saturated heterocycles. The second-order valence-electron chi connectivity index (χ2n) is 4.93. The lowest BCUT2D eigenvalue weighted by molar-refractivity contribution is 0.619. The lowest BCUT2D eigenvalue weighted by atomic mass is 9.97. The van der Waals surface area contributed by atoms with Crippen LogP contribution in [0.25, 0.3) is 0 Å². The highest BCUT2D eigenvalue weighted by Crippen LogP contribution is 2.28. The maximum Gasteiger partial charge on any atom is 0.121 e.